The molecule has 0 heterocycles. The van der Waals surface area contributed by atoms with Gasteiger partial charge in [-0.25, -0.2) is 16.8 Å². The van der Waals surface area contributed by atoms with Gasteiger partial charge in [-0.1, -0.05) is 62.1 Å². The summed E-state index contributed by atoms with van der Waals surface area (Å²) in [5, 5.41) is 0.614. The number of halogens is 6. The van der Waals surface area contributed by atoms with Gasteiger partial charge in [0.15, 0.2) is 4.58 Å². The smallest absolute Gasteiger partial charge is 0.218 e. The van der Waals surface area contributed by atoms with Crippen LogP contribution < -0.4 is 5.19 Å². The highest BCUT2D eigenvalue weighted by molar-refractivity contribution is 8.09. The first kappa shape index (κ1) is 25.7. The summed E-state index contributed by atoms with van der Waals surface area (Å²) in [6.45, 7) is 8.04. The average molecular weight is 483 g/mol. The van der Waals surface area contributed by atoms with Crippen LogP contribution in [0.1, 0.15) is 18.9 Å². The zero-order chi connectivity index (χ0) is 23.1. The second kappa shape index (κ2) is 8.06. The van der Waals surface area contributed by atoms with Crippen LogP contribution in [0.3, 0.4) is 0 Å². The third kappa shape index (κ3) is 5.05. The van der Waals surface area contributed by atoms with E-state index < -0.39 is 55.3 Å². The van der Waals surface area contributed by atoms with E-state index in [1.54, 1.807) is 37.4 Å². The summed E-state index contributed by atoms with van der Waals surface area (Å²) in [5.74, 6) is 0. The molecule has 166 valence electrons. The van der Waals surface area contributed by atoms with Gasteiger partial charge in [0.2, 0.25) is 0 Å². The second-order valence-corrected chi connectivity index (χ2v) is 16.6. The molecule has 0 aliphatic rings. The van der Waals surface area contributed by atoms with Gasteiger partial charge in [-0.05, 0) is 17.5 Å². The maximum absolute atomic E-state index is 12.9. The molecular weight excluding hydrogens is 462 g/mol. The van der Waals surface area contributed by atoms with E-state index >= 15 is 0 Å². The molecule has 4 nitrogen and oxygen atoms in total. The summed E-state index contributed by atoms with van der Waals surface area (Å²) in [6.07, 6.45) is 0.204. The molecule has 0 spiro atoms. The van der Waals surface area contributed by atoms with Gasteiger partial charge in [0.25, 0.3) is 19.7 Å². The van der Waals surface area contributed by atoms with Crippen molar-refractivity contribution in [3.05, 3.63) is 36.4 Å². The van der Waals surface area contributed by atoms with Crippen LogP contribution in [-0.2, 0) is 19.7 Å². The Morgan fingerprint density at radius 1 is 0.931 bits per heavy atom. The van der Waals surface area contributed by atoms with Crippen LogP contribution in [-0.4, -0.2) is 40.5 Å². The van der Waals surface area contributed by atoms with E-state index in [2.05, 4.69) is 6.58 Å². The van der Waals surface area contributed by atoms with E-state index in [9.17, 15) is 43.2 Å². The first-order valence-electron chi connectivity index (χ1n) is 8.13. The average Bonchev–Trinajstić information content (AvgIpc) is 2.56. The van der Waals surface area contributed by atoms with E-state index in [1.165, 1.54) is 13.0 Å². The fourth-order valence-corrected chi connectivity index (χ4v) is 9.07. The van der Waals surface area contributed by atoms with Crippen LogP contribution in [0.5, 0.6) is 0 Å². The molecule has 0 amide bonds. The Hall–Kier alpha value is -1.34. The minimum atomic E-state index is -6.63. The zero-order valence-electron chi connectivity index (χ0n) is 15.7. The van der Waals surface area contributed by atoms with Crippen molar-refractivity contribution in [3.63, 3.8) is 0 Å². The molecule has 0 saturated heterocycles. The summed E-state index contributed by atoms with van der Waals surface area (Å²) in [6, 6.07) is 6.51. The Balaban J connectivity index is 3.47. The van der Waals surface area contributed by atoms with Gasteiger partial charge < -0.3 is 0 Å². The highest BCUT2D eigenvalue weighted by Gasteiger charge is 2.63. The fourth-order valence-electron chi connectivity index (χ4n) is 2.63. The Morgan fingerprint density at radius 3 is 1.62 bits per heavy atom. The van der Waals surface area contributed by atoms with Gasteiger partial charge in [0, 0.05) is 0 Å². The molecule has 0 saturated carbocycles. The van der Waals surface area contributed by atoms with Gasteiger partial charge in [-0.15, -0.1) is 0 Å². The lowest BCUT2D eigenvalue weighted by Crippen LogP contribution is -2.50. The SMILES string of the molecule is C=Cc1ccc([Si](C)(C)C(C)CC(S(=O)(=O)C(F)(F)F)S(=O)(=O)C(F)(F)F)cc1. The Morgan fingerprint density at radius 2 is 1.31 bits per heavy atom. The van der Waals surface area contributed by atoms with Crippen molar-refractivity contribution in [1.29, 1.82) is 0 Å². The monoisotopic (exact) mass is 482 g/mol. The zero-order valence-corrected chi connectivity index (χ0v) is 18.3. The molecule has 1 aromatic rings. The molecule has 0 aromatic heterocycles. The summed E-state index contributed by atoms with van der Waals surface area (Å²) < 4.78 is 121. The number of alkyl halides is 6. The molecular formula is C16H20F6O4S2Si. The molecule has 0 aliphatic carbocycles. The largest absolute Gasteiger partial charge is 0.498 e. The number of hydrogen-bond acceptors (Lipinski definition) is 4. The van der Waals surface area contributed by atoms with Gasteiger partial charge in [0.05, 0.1) is 8.07 Å². The minimum absolute atomic E-state index is 0.614. The lowest BCUT2D eigenvalue weighted by atomic mass is 10.2. The third-order valence-electron chi connectivity index (χ3n) is 5.01. The summed E-state index contributed by atoms with van der Waals surface area (Å²) in [5.41, 5.74) is -12.6. The Bertz CT molecular complexity index is 905. The maximum atomic E-state index is 12.9. The highest BCUT2D eigenvalue weighted by atomic mass is 32.3. The quantitative estimate of drug-likeness (QED) is 0.431. The van der Waals surface area contributed by atoms with Crippen LogP contribution in [0, 0.1) is 0 Å². The third-order valence-corrected chi connectivity index (χ3v) is 14.1. The van der Waals surface area contributed by atoms with Crippen molar-refractivity contribution in [2.75, 3.05) is 0 Å². The molecule has 1 aromatic carbocycles. The fraction of sp³-hybridized carbons (Fsp3) is 0.500. The summed E-state index contributed by atoms with van der Waals surface area (Å²) in [7, 11) is -16.1. The molecule has 13 heteroatoms. The lowest BCUT2D eigenvalue weighted by Gasteiger charge is -2.33. The van der Waals surface area contributed by atoms with Gasteiger partial charge in [-0.2, -0.15) is 26.3 Å². The molecule has 0 fully saturated rings. The number of benzene rings is 1. The molecule has 0 N–H and O–H groups in total. The van der Waals surface area contributed by atoms with Crippen LogP contribution >= 0.6 is 0 Å². The number of hydrogen-bond donors (Lipinski definition) is 0. The topological polar surface area (TPSA) is 68.3 Å². The summed E-state index contributed by atoms with van der Waals surface area (Å²) in [4.78, 5) is 0. The molecule has 0 aliphatic heterocycles. The van der Waals surface area contributed by atoms with E-state index in [0.29, 0.717) is 5.19 Å². The van der Waals surface area contributed by atoms with E-state index in [0.717, 1.165) is 5.56 Å². The van der Waals surface area contributed by atoms with Crippen molar-refractivity contribution in [2.45, 2.75) is 47.6 Å². The first-order chi connectivity index (χ1) is 12.8. The molecule has 1 atom stereocenters. The second-order valence-electron chi connectivity index (χ2n) is 7.10. The van der Waals surface area contributed by atoms with Crippen molar-refractivity contribution >= 4 is 39.0 Å². The van der Waals surface area contributed by atoms with Crippen molar-refractivity contribution in [3.8, 4) is 0 Å². The standard InChI is InChI=1S/C16H20F6O4S2Si/c1-5-12-6-8-13(9-7-12)29(3,4)11(2)10-14(27(23,24)15(17,18)19)28(25,26)16(20,21)22/h5-9,11,14H,1,10H2,2-4H3. The Kier molecular flexibility index (Phi) is 7.14. The van der Waals surface area contributed by atoms with Crippen molar-refractivity contribution in [2.24, 2.45) is 0 Å². The highest BCUT2D eigenvalue weighted by Crippen LogP contribution is 2.41. The van der Waals surface area contributed by atoms with Crippen LogP contribution in [0.15, 0.2) is 30.8 Å². The minimum Gasteiger partial charge on any atom is -0.218 e. The van der Waals surface area contributed by atoms with Crippen molar-refractivity contribution < 1.29 is 43.2 Å². The van der Waals surface area contributed by atoms with Gasteiger partial charge in [0.1, 0.15) is 0 Å². The lowest BCUT2D eigenvalue weighted by molar-refractivity contribution is -0.0472. The normalized spacial score (nSPS) is 15.4. The van der Waals surface area contributed by atoms with E-state index in [1.807, 2.05) is 0 Å². The van der Waals surface area contributed by atoms with Crippen LogP contribution in [0.25, 0.3) is 6.08 Å². The van der Waals surface area contributed by atoms with Gasteiger partial charge >= 0.3 is 11.0 Å². The molecule has 0 radical (unpaired) electrons. The molecule has 1 unspecified atom stereocenters. The van der Waals surface area contributed by atoms with Crippen molar-refractivity contribution in [1.82, 2.24) is 0 Å². The molecule has 29 heavy (non-hydrogen) atoms. The van der Waals surface area contributed by atoms with Crippen LogP contribution in [0.4, 0.5) is 26.3 Å². The molecule has 0 bridgehead atoms. The number of sulfone groups is 2. The predicted molar refractivity (Wildman–Crippen MR) is 101 cm³/mol. The summed E-state index contributed by atoms with van der Waals surface area (Å²) >= 11 is 0. The predicted octanol–water partition coefficient (Wildman–Crippen LogP) is 4.22. The maximum Gasteiger partial charge on any atom is 0.498 e. The first-order valence-corrected chi connectivity index (χ1v) is 14.3. The van der Waals surface area contributed by atoms with E-state index in [4.69, 9.17) is 0 Å². The van der Waals surface area contributed by atoms with Crippen LogP contribution in [0.2, 0.25) is 18.6 Å². The molecule has 1 rings (SSSR count). The van der Waals surface area contributed by atoms with Gasteiger partial charge in [-0.3, -0.25) is 0 Å². The van der Waals surface area contributed by atoms with E-state index in [-0.39, 0.29) is 0 Å². The Labute approximate surface area is 166 Å². The number of rotatable bonds is 7.